The van der Waals surface area contributed by atoms with Gasteiger partial charge in [-0.1, -0.05) is 36.4 Å². The third-order valence-electron chi connectivity index (χ3n) is 5.68. The van der Waals surface area contributed by atoms with Crippen LogP contribution in [0.2, 0.25) is 0 Å². The van der Waals surface area contributed by atoms with Gasteiger partial charge in [-0.25, -0.2) is 8.42 Å². The molecule has 2 aromatic rings. The molecule has 0 bridgehead atoms. The maximum atomic E-state index is 13.0. The minimum absolute atomic E-state index is 0.0142. The third-order valence-corrected chi connectivity index (χ3v) is 8.84. The van der Waals surface area contributed by atoms with Crippen LogP contribution in [-0.4, -0.2) is 48.9 Å². The van der Waals surface area contributed by atoms with Gasteiger partial charge in [-0.15, -0.1) is 11.3 Å². The Labute approximate surface area is 179 Å². The molecule has 1 fully saturated rings. The number of nitrogens with one attached hydrogen (secondary N) is 1. The first-order valence-corrected chi connectivity index (χ1v) is 11.9. The Morgan fingerprint density at radius 3 is 2.53 bits per heavy atom. The zero-order chi connectivity index (χ0) is 21.5. The quantitative estimate of drug-likeness (QED) is 0.710. The van der Waals surface area contributed by atoms with Crippen molar-refractivity contribution in [3.8, 4) is 0 Å². The van der Waals surface area contributed by atoms with Crippen LogP contribution in [0.1, 0.15) is 36.1 Å². The lowest BCUT2D eigenvalue weighted by Gasteiger charge is -2.24. The van der Waals surface area contributed by atoms with E-state index < -0.39 is 27.4 Å². The average molecular weight is 447 g/mol. The van der Waals surface area contributed by atoms with Gasteiger partial charge >= 0.3 is 5.97 Å². The summed E-state index contributed by atoms with van der Waals surface area (Å²) in [5.41, 5.74) is 0.286. The Kier molecular flexibility index (Phi) is 5.29. The molecule has 7 nitrogen and oxygen atoms in total. The number of nitrogens with zero attached hydrogens (tertiary/aromatic N) is 1. The summed E-state index contributed by atoms with van der Waals surface area (Å²) in [4.78, 5) is 26.0. The zero-order valence-electron chi connectivity index (χ0n) is 16.4. The summed E-state index contributed by atoms with van der Waals surface area (Å²) in [5.74, 6) is -1.56. The van der Waals surface area contributed by atoms with Crippen molar-refractivity contribution in [3.05, 3.63) is 59.0 Å². The normalized spacial score (nSPS) is 23.7. The molecule has 9 heteroatoms. The van der Waals surface area contributed by atoms with Crippen LogP contribution >= 0.6 is 11.3 Å². The highest BCUT2D eigenvalue weighted by molar-refractivity contribution is 7.91. The second-order valence-electron chi connectivity index (χ2n) is 7.61. The largest absolute Gasteiger partial charge is 0.480 e. The molecule has 1 aromatic heterocycles. The van der Waals surface area contributed by atoms with Crippen LogP contribution in [0, 0.1) is 0 Å². The minimum Gasteiger partial charge on any atom is -0.480 e. The molecule has 1 saturated carbocycles. The van der Waals surface area contributed by atoms with Crippen molar-refractivity contribution in [1.29, 1.82) is 0 Å². The van der Waals surface area contributed by atoms with E-state index in [1.54, 1.807) is 11.0 Å². The van der Waals surface area contributed by atoms with Gasteiger partial charge < -0.3 is 10.0 Å². The molecule has 2 heterocycles. The van der Waals surface area contributed by atoms with Crippen molar-refractivity contribution in [3.63, 3.8) is 0 Å². The van der Waals surface area contributed by atoms with Gasteiger partial charge in [-0.2, -0.15) is 4.72 Å². The summed E-state index contributed by atoms with van der Waals surface area (Å²) in [6.45, 7) is 2.63. The standard InChI is InChI=1S/C21H22N2O5S2/c1-14(24)23-11-9-16(10-12-23)18-7-8-19(29-18)30(27,28)22-21(20(25)26)13-17(21)15-5-3-2-4-6-15/h2-9,17,22H,10-13H2,1H3,(H,25,26)/t17-,21+/m1/s1. The number of rotatable bonds is 6. The van der Waals surface area contributed by atoms with E-state index in [0.717, 1.165) is 27.4 Å². The molecule has 2 N–H and O–H groups in total. The molecule has 1 amide bonds. The zero-order valence-corrected chi connectivity index (χ0v) is 18.0. The van der Waals surface area contributed by atoms with E-state index in [9.17, 15) is 23.1 Å². The first-order chi connectivity index (χ1) is 14.2. The summed E-state index contributed by atoms with van der Waals surface area (Å²) in [6, 6.07) is 12.3. The molecule has 1 aromatic carbocycles. The summed E-state index contributed by atoms with van der Waals surface area (Å²) in [5, 5.41) is 9.76. The van der Waals surface area contributed by atoms with Gasteiger partial charge in [0.2, 0.25) is 5.91 Å². The number of aliphatic carboxylic acids is 1. The molecule has 2 aliphatic rings. The van der Waals surface area contributed by atoms with E-state index in [1.807, 2.05) is 36.4 Å². The van der Waals surface area contributed by atoms with Crippen LogP contribution in [-0.2, 0) is 19.6 Å². The van der Waals surface area contributed by atoms with Crippen molar-refractivity contribution in [1.82, 2.24) is 9.62 Å². The highest BCUT2D eigenvalue weighted by Crippen LogP contribution is 2.52. The average Bonchev–Trinajstić information content (AvgIpc) is 3.21. The summed E-state index contributed by atoms with van der Waals surface area (Å²) < 4.78 is 28.5. The van der Waals surface area contributed by atoms with Gasteiger partial charge in [-0.3, -0.25) is 9.59 Å². The van der Waals surface area contributed by atoms with Crippen LogP contribution < -0.4 is 4.72 Å². The van der Waals surface area contributed by atoms with E-state index in [1.165, 1.54) is 13.0 Å². The third kappa shape index (κ3) is 3.80. The first kappa shape index (κ1) is 20.8. The molecule has 1 aliphatic carbocycles. The fraction of sp³-hybridized carbons (Fsp3) is 0.333. The fourth-order valence-electron chi connectivity index (χ4n) is 3.85. The lowest BCUT2D eigenvalue weighted by atomic mass is 10.1. The lowest BCUT2D eigenvalue weighted by molar-refractivity contribution is -0.140. The van der Waals surface area contributed by atoms with Crippen LogP contribution in [0.15, 0.2) is 52.7 Å². The van der Waals surface area contributed by atoms with E-state index in [4.69, 9.17) is 0 Å². The second kappa shape index (κ2) is 7.64. The smallest absolute Gasteiger partial charge is 0.325 e. The highest BCUT2D eigenvalue weighted by atomic mass is 32.2. The van der Waals surface area contributed by atoms with Crippen LogP contribution in [0.3, 0.4) is 0 Å². The van der Waals surface area contributed by atoms with E-state index in [-0.39, 0.29) is 16.5 Å². The molecule has 158 valence electrons. The van der Waals surface area contributed by atoms with Gasteiger partial charge in [0, 0.05) is 30.8 Å². The first-order valence-electron chi connectivity index (χ1n) is 9.60. The highest BCUT2D eigenvalue weighted by Gasteiger charge is 2.63. The van der Waals surface area contributed by atoms with Gasteiger partial charge in [0.1, 0.15) is 9.75 Å². The molecule has 30 heavy (non-hydrogen) atoms. The summed E-state index contributed by atoms with van der Waals surface area (Å²) in [6.07, 6.45) is 2.81. The molecule has 0 spiro atoms. The molecule has 0 radical (unpaired) electrons. The maximum Gasteiger partial charge on any atom is 0.325 e. The van der Waals surface area contributed by atoms with Gasteiger partial charge in [0.05, 0.1) is 0 Å². The van der Waals surface area contributed by atoms with Crippen LogP contribution in [0.4, 0.5) is 0 Å². The Balaban J connectivity index is 1.53. The molecule has 1 aliphatic heterocycles. The SMILES string of the molecule is CC(=O)N1CC=C(c2ccc(S(=O)(=O)N[C@@]3(C(=O)O)C[C@@H]3c3ccccc3)s2)CC1. The number of carboxylic acid groups (broad SMARTS) is 1. The predicted molar refractivity (Wildman–Crippen MR) is 114 cm³/mol. The number of carbonyl (C=O) groups is 2. The monoisotopic (exact) mass is 446 g/mol. The maximum absolute atomic E-state index is 13.0. The number of sulfonamides is 1. The molecular weight excluding hydrogens is 424 g/mol. The molecule has 0 saturated heterocycles. The Bertz CT molecular complexity index is 1120. The topological polar surface area (TPSA) is 104 Å². The molecular formula is C21H22N2O5S2. The van der Waals surface area contributed by atoms with Gasteiger partial charge in [-0.05, 0) is 36.1 Å². The number of amides is 1. The Morgan fingerprint density at radius 1 is 1.20 bits per heavy atom. The molecule has 0 unspecified atom stereocenters. The Hall–Kier alpha value is -2.49. The van der Waals surface area contributed by atoms with Crippen LogP contribution in [0.25, 0.3) is 5.57 Å². The van der Waals surface area contributed by atoms with E-state index in [0.29, 0.717) is 19.5 Å². The minimum atomic E-state index is -3.99. The number of benzene rings is 1. The van der Waals surface area contributed by atoms with Crippen molar-refractivity contribution < 1.29 is 23.1 Å². The van der Waals surface area contributed by atoms with Crippen LogP contribution in [0.5, 0.6) is 0 Å². The number of hydrogen-bond acceptors (Lipinski definition) is 5. The van der Waals surface area contributed by atoms with E-state index >= 15 is 0 Å². The number of hydrogen-bond donors (Lipinski definition) is 2. The van der Waals surface area contributed by atoms with Crippen molar-refractivity contribution >= 4 is 38.8 Å². The van der Waals surface area contributed by atoms with Gasteiger partial charge in [0.15, 0.2) is 0 Å². The molecule has 2 atom stereocenters. The summed E-state index contributed by atoms with van der Waals surface area (Å²) >= 11 is 1.12. The van der Waals surface area contributed by atoms with E-state index in [2.05, 4.69) is 4.72 Å². The predicted octanol–water partition coefficient (Wildman–Crippen LogP) is 2.67. The summed E-state index contributed by atoms with van der Waals surface area (Å²) in [7, 11) is -3.99. The lowest BCUT2D eigenvalue weighted by Crippen LogP contribution is -2.44. The van der Waals surface area contributed by atoms with Crippen molar-refractivity contribution in [2.75, 3.05) is 13.1 Å². The molecule has 4 rings (SSSR count). The van der Waals surface area contributed by atoms with Crippen molar-refractivity contribution in [2.45, 2.75) is 35.4 Å². The number of carbonyl (C=O) groups excluding carboxylic acids is 1. The fourth-order valence-corrected chi connectivity index (χ4v) is 6.63. The number of thiophene rings is 1. The second-order valence-corrected chi connectivity index (χ2v) is 10.6. The number of carboxylic acids is 1. The van der Waals surface area contributed by atoms with Crippen molar-refractivity contribution in [2.24, 2.45) is 0 Å². The Morgan fingerprint density at radius 2 is 1.93 bits per heavy atom. The van der Waals surface area contributed by atoms with Gasteiger partial charge in [0.25, 0.3) is 10.0 Å².